The molecule has 0 atom stereocenters. The first-order valence-electron chi connectivity index (χ1n) is 3.96. The first kappa shape index (κ1) is 10.5. The summed E-state index contributed by atoms with van der Waals surface area (Å²) in [5.74, 6) is -0.218. The van der Waals surface area contributed by atoms with Crippen molar-refractivity contribution in [3.05, 3.63) is 30.1 Å². The Balaban J connectivity index is 2.72. The molecule has 5 heteroatoms. The number of hydrogen-bond acceptors (Lipinski definition) is 4. The van der Waals surface area contributed by atoms with E-state index in [0.717, 1.165) is 17.3 Å². The molecule has 0 spiro atoms. The van der Waals surface area contributed by atoms with Gasteiger partial charge in [0.05, 0.1) is 0 Å². The average Bonchev–Trinajstić information content (AvgIpc) is 2.15. The molecule has 0 saturated heterocycles. The summed E-state index contributed by atoms with van der Waals surface area (Å²) in [5.41, 5.74) is 1.02. The second kappa shape index (κ2) is 5.25. The minimum absolute atomic E-state index is 0.0947. The Labute approximate surface area is 86.5 Å². The van der Waals surface area contributed by atoms with Crippen molar-refractivity contribution in [1.82, 2.24) is 0 Å². The third-order valence-electron chi connectivity index (χ3n) is 1.42. The molecule has 1 rings (SSSR count). The predicted molar refractivity (Wildman–Crippen MR) is 52.3 cm³/mol. The van der Waals surface area contributed by atoms with Gasteiger partial charge in [0.25, 0.3) is 0 Å². The molecule has 0 amide bonds. The van der Waals surface area contributed by atoms with Gasteiger partial charge in [-0.1, -0.05) is 4.68 Å². The van der Waals surface area contributed by atoms with Crippen molar-refractivity contribution in [2.24, 2.45) is 5.10 Å². The predicted octanol–water partition coefficient (Wildman–Crippen LogP) is 0.0187. The Morgan fingerprint density at radius 3 is 3.21 bits per heavy atom. The lowest BCUT2D eigenvalue weighted by atomic mass is 10.3. The minimum atomic E-state index is -0.313. The third kappa shape index (κ3) is 3.46. The smallest absolute Gasteiger partial charge is 0.205 e. The second-order valence-electron chi connectivity index (χ2n) is 2.64. The van der Waals surface area contributed by atoms with E-state index in [2.05, 4.69) is 5.10 Å². The summed E-state index contributed by atoms with van der Waals surface area (Å²) in [6.07, 6.45) is 3.43. The summed E-state index contributed by atoms with van der Waals surface area (Å²) < 4.78 is 1.45. The Morgan fingerprint density at radius 1 is 1.79 bits per heavy atom. The van der Waals surface area contributed by atoms with Gasteiger partial charge in [-0.15, -0.1) is 0 Å². The number of aromatic nitrogens is 1. The highest BCUT2D eigenvalue weighted by Gasteiger charge is 1.97. The molecule has 0 bridgehead atoms. The van der Waals surface area contributed by atoms with Crippen molar-refractivity contribution in [1.29, 1.82) is 5.26 Å². The Hall–Kier alpha value is -1.54. The quantitative estimate of drug-likeness (QED) is 0.304. The molecule has 0 aliphatic carbocycles. The van der Waals surface area contributed by atoms with Crippen LogP contribution in [0, 0.1) is 17.6 Å². The van der Waals surface area contributed by atoms with Crippen molar-refractivity contribution >= 4 is 17.7 Å². The van der Waals surface area contributed by atoms with E-state index in [9.17, 15) is 5.11 Å². The number of hydrogen-bond donors (Lipinski definition) is 0. The fourth-order valence-electron chi connectivity index (χ4n) is 0.892. The number of pyridine rings is 1. The van der Waals surface area contributed by atoms with Gasteiger partial charge in [-0.2, -0.15) is 5.26 Å². The molecule has 72 valence electrons. The van der Waals surface area contributed by atoms with Crippen LogP contribution in [-0.2, 0) is 0 Å². The zero-order valence-electron chi connectivity index (χ0n) is 7.67. The van der Waals surface area contributed by atoms with Crippen LogP contribution in [0.1, 0.15) is 5.56 Å². The molecule has 0 N–H and O–H groups in total. The van der Waals surface area contributed by atoms with Crippen LogP contribution < -0.4 is 9.78 Å². The molecule has 0 radical (unpaired) electrons. The van der Waals surface area contributed by atoms with Gasteiger partial charge < -0.3 is 5.11 Å². The van der Waals surface area contributed by atoms with Crippen LogP contribution in [0.25, 0.3) is 0 Å². The van der Waals surface area contributed by atoms with E-state index in [0.29, 0.717) is 0 Å². The molecular formula is C9H9N3OS. The summed E-state index contributed by atoms with van der Waals surface area (Å²) >= 11 is 0.889. The summed E-state index contributed by atoms with van der Waals surface area (Å²) in [5, 5.41) is 24.9. The van der Waals surface area contributed by atoms with E-state index in [1.807, 2.05) is 24.5 Å². The van der Waals surface area contributed by atoms with Gasteiger partial charge in [0.1, 0.15) is 5.40 Å². The number of rotatable bonds is 3. The molecule has 0 fully saturated rings. The molecule has 1 heterocycles. The Bertz CT molecular complexity index is 384. The Kier molecular flexibility index (Phi) is 3.95. The molecule has 14 heavy (non-hydrogen) atoms. The van der Waals surface area contributed by atoms with E-state index in [-0.39, 0.29) is 11.7 Å². The summed E-state index contributed by atoms with van der Waals surface area (Å²) in [6, 6.07) is 3.73. The van der Waals surface area contributed by atoms with E-state index < -0.39 is 0 Å². The molecule has 4 nitrogen and oxygen atoms in total. The fraction of sp³-hybridized carbons (Fsp3) is 0.222. The highest BCUT2D eigenvalue weighted by molar-refractivity contribution is 8.04. The van der Waals surface area contributed by atoms with Gasteiger partial charge in [-0.25, -0.2) is 0 Å². The maximum atomic E-state index is 11.1. The molecule has 1 aromatic heterocycles. The van der Waals surface area contributed by atoms with Gasteiger partial charge in [0.2, 0.25) is 12.4 Å². The molecular weight excluding hydrogens is 198 g/mol. The maximum Gasteiger partial charge on any atom is 0.205 e. The average molecular weight is 207 g/mol. The molecule has 0 unspecified atom stereocenters. The van der Waals surface area contributed by atoms with Gasteiger partial charge in [0, 0.05) is 23.3 Å². The molecule has 1 aromatic rings. The van der Waals surface area contributed by atoms with E-state index >= 15 is 0 Å². The lowest BCUT2D eigenvalue weighted by Crippen LogP contribution is -2.34. The van der Waals surface area contributed by atoms with Gasteiger partial charge in [-0.05, 0) is 29.9 Å². The van der Waals surface area contributed by atoms with Crippen LogP contribution in [0.4, 0.5) is 0 Å². The monoisotopic (exact) mass is 207 g/mol. The molecule has 0 saturated carbocycles. The zero-order valence-corrected chi connectivity index (χ0v) is 8.49. The van der Waals surface area contributed by atoms with Crippen LogP contribution in [0.15, 0.2) is 29.6 Å². The van der Waals surface area contributed by atoms with Gasteiger partial charge in [-0.3, -0.25) is 0 Å². The van der Waals surface area contributed by atoms with E-state index in [1.165, 1.54) is 4.68 Å². The van der Waals surface area contributed by atoms with Crippen molar-refractivity contribution in [2.45, 2.75) is 6.92 Å². The molecule has 0 aliphatic rings. The van der Waals surface area contributed by atoms with Crippen LogP contribution in [0.2, 0.25) is 0 Å². The zero-order chi connectivity index (χ0) is 10.4. The standard InChI is InChI=1S/C9H9N3OS/c1-8-3-2-4-12(5-8)11-9(13)6-14-7-10/h2-5H,6H2,1H3. The lowest BCUT2D eigenvalue weighted by molar-refractivity contribution is -0.681. The summed E-state index contributed by atoms with van der Waals surface area (Å²) in [6.45, 7) is 1.92. The van der Waals surface area contributed by atoms with E-state index in [4.69, 9.17) is 5.26 Å². The highest BCUT2D eigenvalue weighted by atomic mass is 32.2. The number of nitrogens with zero attached hydrogens (tertiary/aromatic N) is 3. The van der Waals surface area contributed by atoms with Crippen LogP contribution >= 0.6 is 11.8 Å². The number of thioether (sulfide) groups is 1. The maximum absolute atomic E-state index is 11.1. The van der Waals surface area contributed by atoms with Crippen molar-refractivity contribution in [2.75, 3.05) is 5.75 Å². The SMILES string of the molecule is Cc1ccc[n+](/N=C(/[O-])CSC#N)c1. The van der Waals surface area contributed by atoms with Crippen LogP contribution in [-0.4, -0.2) is 11.7 Å². The highest BCUT2D eigenvalue weighted by Crippen LogP contribution is 1.93. The normalized spacial score (nSPS) is 11.0. The summed E-state index contributed by atoms with van der Waals surface area (Å²) in [4.78, 5) is 0. The first-order valence-corrected chi connectivity index (χ1v) is 4.94. The van der Waals surface area contributed by atoms with Crippen LogP contribution in [0.5, 0.6) is 0 Å². The second-order valence-corrected chi connectivity index (χ2v) is 3.39. The van der Waals surface area contributed by atoms with Crippen molar-refractivity contribution in [3.63, 3.8) is 0 Å². The topological polar surface area (TPSA) is 63.1 Å². The third-order valence-corrected chi connectivity index (χ3v) is 1.94. The lowest BCUT2D eigenvalue weighted by Gasteiger charge is -2.01. The minimum Gasteiger partial charge on any atom is -0.857 e. The van der Waals surface area contributed by atoms with Crippen molar-refractivity contribution < 1.29 is 9.78 Å². The number of thiocyanates is 1. The fourth-order valence-corrected chi connectivity index (χ4v) is 1.14. The Morgan fingerprint density at radius 2 is 2.57 bits per heavy atom. The molecule has 0 aliphatic heterocycles. The molecule has 0 aromatic carbocycles. The van der Waals surface area contributed by atoms with E-state index in [1.54, 1.807) is 12.4 Å². The van der Waals surface area contributed by atoms with Crippen LogP contribution in [0.3, 0.4) is 0 Å². The number of nitriles is 1. The van der Waals surface area contributed by atoms with Gasteiger partial charge >= 0.3 is 0 Å². The largest absolute Gasteiger partial charge is 0.857 e. The van der Waals surface area contributed by atoms with Gasteiger partial charge in [0.15, 0.2) is 0 Å². The number of aryl methyl sites for hydroxylation is 1. The van der Waals surface area contributed by atoms with Crippen molar-refractivity contribution in [3.8, 4) is 5.40 Å². The first-order chi connectivity index (χ1) is 6.72. The summed E-state index contributed by atoms with van der Waals surface area (Å²) in [7, 11) is 0.